The van der Waals surface area contributed by atoms with Gasteiger partial charge in [-0.15, -0.1) is 0 Å². The van der Waals surface area contributed by atoms with Crippen LogP contribution in [0.5, 0.6) is 0 Å². The summed E-state index contributed by atoms with van der Waals surface area (Å²) in [7, 11) is -13.7. The van der Waals surface area contributed by atoms with Gasteiger partial charge in [-0.25, -0.2) is 0 Å². The van der Waals surface area contributed by atoms with Crippen molar-refractivity contribution in [1.82, 2.24) is 18.3 Å². The van der Waals surface area contributed by atoms with Crippen molar-refractivity contribution in [2.24, 2.45) is 0 Å². The Balaban J connectivity index is 1.08. The number of aromatic nitrogens is 4. The molecular weight excluding hydrogens is 1390 g/mol. The molecule has 17 aromatic rings. The first-order valence-electron chi connectivity index (χ1n) is 38.2. The van der Waals surface area contributed by atoms with E-state index in [0.717, 1.165) is 0 Å². The van der Waals surface area contributed by atoms with Gasteiger partial charge < -0.3 is 18.3 Å². The van der Waals surface area contributed by atoms with E-state index in [1.807, 2.05) is 0 Å². The molecule has 12 heteroatoms. The molecule has 0 fully saturated rings. The van der Waals surface area contributed by atoms with Gasteiger partial charge in [0.15, 0.2) is 0 Å². The number of fused-ring (bicyclic) bond motifs is 14. The minimum absolute atomic E-state index is 1.19. The molecule has 0 saturated heterocycles. The zero-order valence-electron chi connectivity index (χ0n) is 66.3. The summed E-state index contributed by atoms with van der Waals surface area (Å²) < 4.78 is 10.6. The van der Waals surface area contributed by atoms with E-state index < -0.39 is 64.6 Å². The van der Waals surface area contributed by atoms with Crippen molar-refractivity contribution >= 4 is 236 Å². The highest BCUT2D eigenvalue weighted by molar-refractivity contribution is 6.92. The molecule has 0 aliphatic rings. The van der Waals surface area contributed by atoms with Gasteiger partial charge in [-0.05, 0) is 140 Å². The number of hydrogen-bond donors (Lipinski definition) is 0. The van der Waals surface area contributed by atoms with Crippen LogP contribution in [0.3, 0.4) is 0 Å². The maximum absolute atomic E-state index is 2.65. The molecule has 104 heavy (non-hydrogen) atoms. The molecule has 4 heterocycles. The molecule has 4 aromatic heterocycles. The Hall–Kier alpha value is -7.90. The lowest BCUT2D eigenvalue weighted by atomic mass is 9.88. The fraction of sp³-hybridized carbons (Fsp3) is 0.261. The summed E-state index contributed by atoms with van der Waals surface area (Å²) in [6, 6.07) is 80.9. The summed E-state index contributed by atoms with van der Waals surface area (Å²) in [5, 5.41) is 32.9. The second kappa shape index (κ2) is 22.8. The number of benzene rings is 13. The Labute approximate surface area is 623 Å². The van der Waals surface area contributed by atoms with E-state index in [1.165, 1.54) is 195 Å². The summed E-state index contributed by atoms with van der Waals surface area (Å²) >= 11 is 0. The molecule has 4 nitrogen and oxygen atoms in total. The molecule has 0 aliphatic carbocycles. The van der Waals surface area contributed by atoms with E-state index in [0.29, 0.717) is 0 Å². The zero-order chi connectivity index (χ0) is 73.7. The lowest BCUT2D eigenvalue weighted by molar-refractivity contribution is 1.18. The van der Waals surface area contributed by atoms with Gasteiger partial charge in [0.2, 0.25) is 0 Å². The molecule has 0 amide bonds. The van der Waals surface area contributed by atoms with Crippen LogP contribution in [0.4, 0.5) is 0 Å². The number of hydrogen-bond acceptors (Lipinski definition) is 0. The molecular formula is C92H104N4Si8. The molecule has 0 bridgehead atoms. The average molecular weight is 1490 g/mol. The summed E-state index contributed by atoms with van der Waals surface area (Å²) in [4.78, 5) is 0. The van der Waals surface area contributed by atoms with Crippen molar-refractivity contribution in [3.8, 4) is 22.7 Å². The Morgan fingerprint density at radius 3 is 0.413 bits per heavy atom. The fourth-order valence-electron chi connectivity index (χ4n) is 17.3. The van der Waals surface area contributed by atoms with Gasteiger partial charge in [0, 0.05) is 65.8 Å². The first-order valence-corrected chi connectivity index (χ1v) is 66.2. The van der Waals surface area contributed by atoms with Crippen molar-refractivity contribution in [1.29, 1.82) is 0 Å². The molecule has 0 atom stereocenters. The van der Waals surface area contributed by atoms with Crippen LogP contribution in [0.25, 0.3) is 153 Å². The standard InChI is InChI=1S/C92H104N4Si8/c1-97(2,3)63-25-33-83-71(49-63)72-50-64(98(4,5)6)26-34-84(72)93(83)59-41-57-42-60(94-85-35-27-65(99(7,8)9)51-73(85)74-52-66(100(10,11)12)28-36-86(74)94)47-81-82-48-62(96-89-39-31-69(103(19,20)21)55-77(89)78-56-70(104(22,23)24)32-40-90(78)96)44-58-43-61(46-80(92(58)82)79(45-59)91(57)81)95-87-37-29-67(101(13,14)15)53-75(87)76-54-68(102(16,17)18)30-38-88(76)95/h25-56H,1-24H3. The van der Waals surface area contributed by atoms with Crippen LogP contribution in [-0.4, -0.2) is 82.9 Å². The predicted molar refractivity (Wildman–Crippen MR) is 489 cm³/mol. The first-order chi connectivity index (χ1) is 48.6. The Morgan fingerprint density at radius 1 is 0.154 bits per heavy atom. The summed E-state index contributed by atoms with van der Waals surface area (Å²) in [6.45, 7) is 60.0. The average Bonchev–Trinajstić information content (AvgIpc) is 1.56. The van der Waals surface area contributed by atoms with Crippen molar-refractivity contribution < 1.29 is 0 Å². The van der Waals surface area contributed by atoms with Crippen molar-refractivity contribution in [3.05, 3.63) is 194 Å². The third-order valence-electron chi connectivity index (χ3n) is 23.6. The van der Waals surface area contributed by atoms with E-state index in [9.17, 15) is 0 Å². The van der Waals surface area contributed by atoms with Gasteiger partial charge in [-0.1, -0.05) is 296 Å². The molecule has 0 radical (unpaired) electrons. The highest BCUT2D eigenvalue weighted by Gasteiger charge is 2.31. The molecule has 0 aliphatic heterocycles. The number of nitrogens with zero attached hydrogens (tertiary/aromatic N) is 4. The molecule has 0 N–H and O–H groups in total. The quantitative estimate of drug-likeness (QED) is 0.0660. The van der Waals surface area contributed by atoms with Crippen molar-refractivity contribution in [2.75, 3.05) is 0 Å². The summed E-state index contributed by atoms with van der Waals surface area (Å²) in [5.41, 5.74) is 14.8. The van der Waals surface area contributed by atoms with Gasteiger partial charge in [0.05, 0.1) is 109 Å². The maximum atomic E-state index is 2.65. The molecule has 0 spiro atoms. The van der Waals surface area contributed by atoms with Gasteiger partial charge in [-0.2, -0.15) is 0 Å². The summed E-state index contributed by atoms with van der Waals surface area (Å²) in [6.07, 6.45) is 0. The van der Waals surface area contributed by atoms with Crippen molar-refractivity contribution in [3.63, 3.8) is 0 Å². The van der Waals surface area contributed by atoms with Gasteiger partial charge in [0.25, 0.3) is 0 Å². The summed E-state index contributed by atoms with van der Waals surface area (Å²) in [5.74, 6) is 0. The predicted octanol–water partition coefficient (Wildman–Crippen LogP) is 22.5. The molecule has 17 rings (SSSR count). The normalized spacial score (nSPS) is 13.8. The largest absolute Gasteiger partial charge is 0.309 e. The zero-order valence-corrected chi connectivity index (χ0v) is 74.3. The SMILES string of the molecule is C[Si](C)(C)c1ccc2c(c1)c1cc([Si](C)(C)C)ccc1n2-c1cc2cc(-n3c4ccc([Si](C)(C)C)cc4c4cc([Si](C)(C)C)ccc43)cc3c4cc(-n5c6ccc([Si](C)(C)C)cc6c6cc([Si](C)(C)C)ccc65)cc5cc(-n6c7ccc([Si](C)(C)C)cc7c7cc([Si](C)(C)C)ccc76)cc(c(c1)c23)c54. The minimum atomic E-state index is -1.72. The van der Waals surface area contributed by atoms with Crippen LogP contribution in [0, 0.1) is 0 Å². The topological polar surface area (TPSA) is 19.7 Å². The first kappa shape index (κ1) is 69.2. The smallest absolute Gasteiger partial charge is 0.0776 e. The fourth-order valence-corrected chi connectivity index (χ4v) is 26.6. The van der Waals surface area contributed by atoms with Crippen LogP contribution in [0.2, 0.25) is 157 Å². The maximum Gasteiger partial charge on any atom is 0.0776 e. The highest BCUT2D eigenvalue weighted by atomic mass is 28.3. The Bertz CT molecular complexity index is 5480. The molecule has 0 unspecified atom stereocenters. The monoisotopic (exact) mass is 1490 g/mol. The Kier molecular flexibility index (Phi) is 15.2. The van der Waals surface area contributed by atoms with Crippen LogP contribution in [0.15, 0.2) is 194 Å². The van der Waals surface area contributed by atoms with E-state index in [4.69, 9.17) is 0 Å². The highest BCUT2D eigenvalue weighted by Crippen LogP contribution is 2.48. The van der Waals surface area contributed by atoms with E-state index in [-0.39, 0.29) is 0 Å². The second-order valence-corrected chi connectivity index (χ2v) is 80.0. The van der Waals surface area contributed by atoms with Crippen LogP contribution in [0.1, 0.15) is 0 Å². The Morgan fingerprint density at radius 2 is 0.288 bits per heavy atom. The lowest BCUT2D eigenvalue weighted by Crippen LogP contribution is -2.37. The second-order valence-electron chi connectivity index (χ2n) is 39.4. The van der Waals surface area contributed by atoms with Gasteiger partial charge in [-0.3, -0.25) is 0 Å². The van der Waals surface area contributed by atoms with Crippen LogP contribution in [-0.2, 0) is 0 Å². The molecule has 0 saturated carbocycles. The van der Waals surface area contributed by atoms with Gasteiger partial charge in [0.1, 0.15) is 0 Å². The van der Waals surface area contributed by atoms with Crippen LogP contribution >= 0.6 is 0 Å². The van der Waals surface area contributed by atoms with E-state index >= 15 is 0 Å². The number of rotatable bonds is 12. The molecule has 524 valence electrons. The van der Waals surface area contributed by atoms with E-state index in [1.54, 1.807) is 0 Å². The van der Waals surface area contributed by atoms with Crippen LogP contribution < -0.4 is 41.5 Å². The molecule has 13 aromatic carbocycles. The third kappa shape index (κ3) is 11.0. The third-order valence-corrected chi connectivity index (χ3v) is 40.0. The van der Waals surface area contributed by atoms with Crippen molar-refractivity contribution in [2.45, 2.75) is 157 Å². The van der Waals surface area contributed by atoms with Gasteiger partial charge >= 0.3 is 0 Å². The lowest BCUT2D eigenvalue weighted by Gasteiger charge is -2.22. The minimum Gasteiger partial charge on any atom is -0.309 e. The van der Waals surface area contributed by atoms with E-state index in [2.05, 4.69) is 370 Å².